The molecule has 0 aliphatic carbocycles. The molecule has 1 amide bonds. The maximum atomic E-state index is 11.9. The Bertz CT molecular complexity index is 611. The zero-order valence-corrected chi connectivity index (χ0v) is 13.9. The SMILES string of the molecule is CCC(C(=O)O)N(C(C)=O)[C@@H](Cc1ccc(C)cc1C)C(=O)O. The van der Waals surface area contributed by atoms with Crippen LogP contribution in [-0.2, 0) is 20.8 Å². The lowest BCUT2D eigenvalue weighted by atomic mass is 9.97. The van der Waals surface area contributed by atoms with Crippen LogP contribution < -0.4 is 0 Å². The summed E-state index contributed by atoms with van der Waals surface area (Å²) in [7, 11) is 0. The molecule has 126 valence electrons. The highest BCUT2D eigenvalue weighted by Gasteiger charge is 2.36. The highest BCUT2D eigenvalue weighted by atomic mass is 16.4. The molecule has 0 aromatic heterocycles. The maximum Gasteiger partial charge on any atom is 0.326 e. The zero-order chi connectivity index (χ0) is 17.7. The van der Waals surface area contributed by atoms with E-state index < -0.39 is 29.9 Å². The van der Waals surface area contributed by atoms with Gasteiger partial charge in [0.25, 0.3) is 0 Å². The molecule has 2 atom stereocenters. The molecule has 1 rings (SSSR count). The largest absolute Gasteiger partial charge is 0.480 e. The lowest BCUT2D eigenvalue weighted by Gasteiger charge is -2.33. The number of carboxylic acid groups (broad SMARTS) is 2. The summed E-state index contributed by atoms with van der Waals surface area (Å²) >= 11 is 0. The normalized spacial score (nSPS) is 13.2. The minimum Gasteiger partial charge on any atom is -0.480 e. The number of aryl methyl sites for hydroxylation is 2. The molecule has 0 saturated carbocycles. The van der Waals surface area contributed by atoms with Gasteiger partial charge in [-0.25, -0.2) is 9.59 Å². The predicted molar refractivity (Wildman–Crippen MR) is 85.3 cm³/mol. The quantitative estimate of drug-likeness (QED) is 0.801. The van der Waals surface area contributed by atoms with Crippen LogP contribution in [0.5, 0.6) is 0 Å². The van der Waals surface area contributed by atoms with E-state index >= 15 is 0 Å². The predicted octanol–water partition coefficient (Wildman–Crippen LogP) is 2.01. The fourth-order valence-corrected chi connectivity index (χ4v) is 2.73. The smallest absolute Gasteiger partial charge is 0.326 e. The average molecular weight is 321 g/mol. The van der Waals surface area contributed by atoms with E-state index in [1.807, 2.05) is 32.0 Å². The van der Waals surface area contributed by atoms with Crippen molar-refractivity contribution in [2.45, 2.75) is 52.6 Å². The molecule has 0 saturated heterocycles. The van der Waals surface area contributed by atoms with E-state index in [4.69, 9.17) is 0 Å². The molecule has 1 unspecified atom stereocenters. The van der Waals surface area contributed by atoms with Gasteiger partial charge in [0.15, 0.2) is 0 Å². The third-order valence-corrected chi connectivity index (χ3v) is 3.90. The van der Waals surface area contributed by atoms with Crippen LogP contribution in [0, 0.1) is 13.8 Å². The number of hydrogen-bond donors (Lipinski definition) is 2. The Morgan fingerprint density at radius 3 is 2.04 bits per heavy atom. The monoisotopic (exact) mass is 321 g/mol. The number of rotatable bonds is 7. The van der Waals surface area contributed by atoms with E-state index in [9.17, 15) is 24.6 Å². The van der Waals surface area contributed by atoms with Crippen molar-refractivity contribution in [1.29, 1.82) is 0 Å². The van der Waals surface area contributed by atoms with Gasteiger partial charge < -0.3 is 15.1 Å². The first-order valence-electron chi connectivity index (χ1n) is 7.49. The van der Waals surface area contributed by atoms with Gasteiger partial charge in [-0.1, -0.05) is 30.7 Å². The Kier molecular flexibility index (Phi) is 6.30. The number of carbonyl (C=O) groups excluding carboxylic acids is 1. The second kappa shape index (κ2) is 7.76. The number of nitrogens with zero attached hydrogens (tertiary/aromatic N) is 1. The van der Waals surface area contributed by atoms with Crippen LogP contribution in [0.1, 0.15) is 37.0 Å². The summed E-state index contributed by atoms with van der Waals surface area (Å²) in [6, 6.07) is 3.25. The zero-order valence-electron chi connectivity index (χ0n) is 13.9. The Morgan fingerprint density at radius 1 is 1.09 bits per heavy atom. The Labute approximate surface area is 135 Å². The van der Waals surface area contributed by atoms with E-state index in [0.717, 1.165) is 21.6 Å². The summed E-state index contributed by atoms with van der Waals surface area (Å²) < 4.78 is 0. The van der Waals surface area contributed by atoms with Gasteiger partial charge in [0, 0.05) is 13.3 Å². The summed E-state index contributed by atoms with van der Waals surface area (Å²) in [4.78, 5) is 36.0. The highest BCUT2D eigenvalue weighted by molar-refractivity contribution is 5.87. The number of amides is 1. The Hall–Kier alpha value is -2.37. The standard InChI is InChI=1S/C17H23NO5/c1-5-14(16(20)21)18(12(4)19)15(17(22)23)9-13-7-6-10(2)8-11(13)3/h6-8,14-15H,5,9H2,1-4H3,(H,20,21)(H,22,23)/t14?,15-/m0/s1. The van der Waals surface area contributed by atoms with Crippen molar-refractivity contribution in [1.82, 2.24) is 4.90 Å². The summed E-state index contributed by atoms with van der Waals surface area (Å²) in [6.45, 7) is 6.62. The summed E-state index contributed by atoms with van der Waals surface area (Å²) in [5.41, 5.74) is 2.76. The van der Waals surface area contributed by atoms with E-state index in [0.29, 0.717) is 0 Å². The topological polar surface area (TPSA) is 94.9 Å². The van der Waals surface area contributed by atoms with Crippen LogP contribution >= 0.6 is 0 Å². The molecule has 1 aromatic rings. The number of aliphatic carboxylic acids is 2. The van der Waals surface area contributed by atoms with Gasteiger partial charge in [-0.15, -0.1) is 0 Å². The molecule has 0 fully saturated rings. The molecule has 23 heavy (non-hydrogen) atoms. The summed E-state index contributed by atoms with van der Waals surface area (Å²) in [5.74, 6) is -2.97. The minimum absolute atomic E-state index is 0.0742. The number of hydrogen-bond acceptors (Lipinski definition) is 3. The second-order valence-electron chi connectivity index (χ2n) is 5.68. The minimum atomic E-state index is -1.21. The van der Waals surface area contributed by atoms with Crippen molar-refractivity contribution in [3.8, 4) is 0 Å². The van der Waals surface area contributed by atoms with Crippen molar-refractivity contribution < 1.29 is 24.6 Å². The first kappa shape index (κ1) is 18.7. The second-order valence-corrected chi connectivity index (χ2v) is 5.68. The molecule has 6 heteroatoms. The first-order chi connectivity index (χ1) is 10.7. The van der Waals surface area contributed by atoms with Crippen molar-refractivity contribution in [3.05, 3.63) is 34.9 Å². The van der Waals surface area contributed by atoms with Gasteiger partial charge in [0.05, 0.1) is 0 Å². The Balaban J connectivity index is 3.23. The van der Waals surface area contributed by atoms with E-state index in [-0.39, 0.29) is 12.8 Å². The molecular weight excluding hydrogens is 298 g/mol. The lowest BCUT2D eigenvalue weighted by molar-refractivity contribution is -0.158. The average Bonchev–Trinajstić information content (AvgIpc) is 2.43. The van der Waals surface area contributed by atoms with Gasteiger partial charge in [-0.3, -0.25) is 4.79 Å². The first-order valence-corrected chi connectivity index (χ1v) is 7.49. The van der Waals surface area contributed by atoms with E-state index in [1.54, 1.807) is 6.92 Å². The lowest BCUT2D eigenvalue weighted by Crippen LogP contribution is -2.53. The molecule has 0 aliphatic heterocycles. The number of carbonyl (C=O) groups is 3. The number of carboxylic acids is 2. The van der Waals surface area contributed by atoms with Gasteiger partial charge in [0.1, 0.15) is 12.1 Å². The molecule has 0 aliphatic rings. The van der Waals surface area contributed by atoms with Crippen LogP contribution in [0.25, 0.3) is 0 Å². The molecule has 0 heterocycles. The summed E-state index contributed by atoms with van der Waals surface area (Å²) in [6.07, 6.45) is 0.219. The molecule has 2 N–H and O–H groups in total. The fourth-order valence-electron chi connectivity index (χ4n) is 2.73. The van der Waals surface area contributed by atoms with Crippen molar-refractivity contribution in [2.75, 3.05) is 0 Å². The third kappa shape index (κ3) is 4.55. The highest BCUT2D eigenvalue weighted by Crippen LogP contribution is 2.19. The number of benzene rings is 1. The molecular formula is C17H23NO5. The third-order valence-electron chi connectivity index (χ3n) is 3.90. The van der Waals surface area contributed by atoms with Gasteiger partial charge in [-0.2, -0.15) is 0 Å². The van der Waals surface area contributed by atoms with Crippen LogP contribution in [0.2, 0.25) is 0 Å². The molecule has 1 aromatic carbocycles. The summed E-state index contributed by atoms with van der Waals surface area (Å²) in [5, 5.41) is 18.8. The van der Waals surface area contributed by atoms with Crippen LogP contribution in [-0.4, -0.2) is 45.0 Å². The van der Waals surface area contributed by atoms with Crippen LogP contribution in [0.3, 0.4) is 0 Å². The maximum absolute atomic E-state index is 11.9. The Morgan fingerprint density at radius 2 is 1.65 bits per heavy atom. The fraction of sp³-hybridized carbons (Fsp3) is 0.471. The van der Waals surface area contributed by atoms with Crippen molar-refractivity contribution >= 4 is 17.8 Å². The van der Waals surface area contributed by atoms with Crippen molar-refractivity contribution in [2.24, 2.45) is 0 Å². The molecule has 6 nitrogen and oxygen atoms in total. The van der Waals surface area contributed by atoms with E-state index in [2.05, 4.69) is 0 Å². The van der Waals surface area contributed by atoms with Crippen molar-refractivity contribution in [3.63, 3.8) is 0 Å². The van der Waals surface area contributed by atoms with Crippen LogP contribution in [0.4, 0.5) is 0 Å². The van der Waals surface area contributed by atoms with Gasteiger partial charge in [-0.05, 0) is 31.4 Å². The molecule has 0 spiro atoms. The molecule has 0 bridgehead atoms. The van der Waals surface area contributed by atoms with Crippen LogP contribution in [0.15, 0.2) is 18.2 Å². The molecule has 0 radical (unpaired) electrons. The van der Waals surface area contributed by atoms with Gasteiger partial charge >= 0.3 is 11.9 Å². The van der Waals surface area contributed by atoms with Gasteiger partial charge in [0.2, 0.25) is 5.91 Å². The van der Waals surface area contributed by atoms with E-state index in [1.165, 1.54) is 6.92 Å².